The van der Waals surface area contributed by atoms with Crippen LogP contribution in [0.2, 0.25) is 0 Å². The normalized spacial score (nSPS) is 10.7. The summed E-state index contributed by atoms with van der Waals surface area (Å²) in [6.07, 6.45) is 0. The topological polar surface area (TPSA) is 74.2 Å². The van der Waals surface area contributed by atoms with Crippen LogP contribution in [0.5, 0.6) is 5.75 Å². The summed E-state index contributed by atoms with van der Waals surface area (Å²) in [5.74, 6) is 0.448. The highest BCUT2D eigenvalue weighted by Crippen LogP contribution is 2.31. The Bertz CT molecular complexity index is 801. The van der Waals surface area contributed by atoms with Gasteiger partial charge < -0.3 is 15.4 Å². The van der Waals surface area contributed by atoms with E-state index >= 15 is 0 Å². The van der Waals surface area contributed by atoms with Crippen molar-refractivity contribution < 1.29 is 9.53 Å². The summed E-state index contributed by atoms with van der Waals surface area (Å²) in [5.41, 5.74) is 2.84. The number of hydrogen-bond donors (Lipinski definition) is 2. The van der Waals surface area contributed by atoms with E-state index in [0.29, 0.717) is 17.0 Å². The average molecular weight is 337 g/mol. The second-order valence-corrected chi connectivity index (χ2v) is 6.72. The fraction of sp³-hybridized carbons (Fsp3) is 0.300. The van der Waals surface area contributed by atoms with Crippen LogP contribution in [0.4, 0.5) is 11.4 Å². The lowest BCUT2D eigenvalue weighted by molar-refractivity contribution is -0.114. The van der Waals surface area contributed by atoms with E-state index < -0.39 is 0 Å². The highest BCUT2D eigenvalue weighted by atomic mass is 16.5. The van der Waals surface area contributed by atoms with Crippen LogP contribution in [0, 0.1) is 11.3 Å². The molecule has 5 nitrogen and oxygen atoms in total. The summed E-state index contributed by atoms with van der Waals surface area (Å²) in [4.78, 5) is 12.2. The minimum absolute atomic E-state index is 0.00328. The van der Waals surface area contributed by atoms with Gasteiger partial charge in [0.2, 0.25) is 5.91 Å². The van der Waals surface area contributed by atoms with E-state index in [4.69, 9.17) is 10.00 Å². The molecule has 0 aliphatic carbocycles. The van der Waals surface area contributed by atoms with Crippen molar-refractivity contribution >= 4 is 17.3 Å². The molecule has 2 rings (SSSR count). The third-order valence-electron chi connectivity index (χ3n) is 3.83. The number of rotatable bonds is 5. The lowest BCUT2D eigenvalue weighted by Gasteiger charge is -2.21. The van der Waals surface area contributed by atoms with Crippen molar-refractivity contribution in [3.8, 4) is 11.8 Å². The van der Waals surface area contributed by atoms with Gasteiger partial charge in [-0.25, -0.2) is 0 Å². The number of carbonyl (C=O) groups is 1. The van der Waals surface area contributed by atoms with Gasteiger partial charge in [0.15, 0.2) is 0 Å². The second kappa shape index (κ2) is 7.71. The van der Waals surface area contributed by atoms with Crippen LogP contribution >= 0.6 is 0 Å². The Morgan fingerprint density at radius 1 is 1.16 bits per heavy atom. The maximum Gasteiger partial charge on any atom is 0.243 e. The molecule has 2 aromatic rings. The number of nitrogens with zero attached hydrogens (tertiary/aromatic N) is 1. The van der Waals surface area contributed by atoms with Crippen molar-refractivity contribution in [3.63, 3.8) is 0 Å². The van der Waals surface area contributed by atoms with E-state index in [9.17, 15) is 4.79 Å². The lowest BCUT2D eigenvalue weighted by atomic mass is 9.87. The number of nitrogens with one attached hydrogen (secondary N) is 2. The number of anilines is 2. The third-order valence-corrected chi connectivity index (χ3v) is 3.83. The first-order valence-corrected chi connectivity index (χ1v) is 8.06. The Labute approximate surface area is 148 Å². The predicted octanol–water partition coefficient (Wildman–Crippen LogP) is 3.91. The number of benzene rings is 2. The molecular formula is C20H23N3O2. The molecule has 0 heterocycles. The molecule has 0 spiro atoms. The Kier molecular flexibility index (Phi) is 5.66. The van der Waals surface area contributed by atoms with Crippen molar-refractivity contribution in [1.82, 2.24) is 0 Å². The zero-order valence-corrected chi connectivity index (χ0v) is 15.0. The Morgan fingerprint density at radius 3 is 2.52 bits per heavy atom. The van der Waals surface area contributed by atoms with Crippen molar-refractivity contribution in [1.29, 1.82) is 5.26 Å². The second-order valence-electron chi connectivity index (χ2n) is 6.72. The molecule has 0 saturated carbocycles. The van der Waals surface area contributed by atoms with Gasteiger partial charge in [0.25, 0.3) is 0 Å². The van der Waals surface area contributed by atoms with Gasteiger partial charge in [-0.2, -0.15) is 5.26 Å². The fourth-order valence-corrected chi connectivity index (χ4v) is 2.37. The first-order chi connectivity index (χ1) is 11.8. The SMILES string of the molecule is COc1ccc(C(C)(C)C)cc1NCC(=O)Nc1ccccc1C#N. The van der Waals surface area contributed by atoms with Crippen molar-refractivity contribution in [3.05, 3.63) is 53.6 Å². The Hall–Kier alpha value is -3.00. The minimum Gasteiger partial charge on any atom is -0.495 e. The van der Waals surface area contributed by atoms with Crippen LogP contribution in [0.25, 0.3) is 0 Å². The van der Waals surface area contributed by atoms with E-state index in [0.717, 1.165) is 11.3 Å². The first-order valence-electron chi connectivity index (χ1n) is 8.06. The number of nitriles is 1. The quantitative estimate of drug-likeness (QED) is 0.867. The van der Waals surface area contributed by atoms with Crippen LogP contribution in [-0.4, -0.2) is 19.6 Å². The summed E-state index contributed by atoms with van der Waals surface area (Å²) >= 11 is 0. The number of hydrogen-bond acceptors (Lipinski definition) is 4. The molecule has 0 bridgehead atoms. The largest absolute Gasteiger partial charge is 0.495 e. The van der Waals surface area contributed by atoms with E-state index in [1.165, 1.54) is 0 Å². The summed E-state index contributed by atoms with van der Waals surface area (Å²) in [7, 11) is 1.60. The van der Waals surface area contributed by atoms with E-state index in [1.807, 2.05) is 18.2 Å². The molecule has 1 amide bonds. The van der Waals surface area contributed by atoms with Gasteiger partial charge in [-0.05, 0) is 35.2 Å². The first kappa shape index (κ1) is 18.3. The van der Waals surface area contributed by atoms with Crippen molar-refractivity contribution in [2.75, 3.05) is 24.3 Å². The van der Waals surface area contributed by atoms with Crippen LogP contribution in [0.15, 0.2) is 42.5 Å². The summed E-state index contributed by atoms with van der Waals surface area (Å²) in [5, 5.41) is 14.9. The summed E-state index contributed by atoms with van der Waals surface area (Å²) in [6, 6.07) is 14.9. The molecule has 5 heteroatoms. The van der Waals surface area contributed by atoms with Gasteiger partial charge in [0, 0.05) is 0 Å². The smallest absolute Gasteiger partial charge is 0.243 e. The number of carbonyl (C=O) groups excluding carboxylic acids is 1. The van der Waals surface area contributed by atoms with E-state index in [-0.39, 0.29) is 17.9 Å². The highest BCUT2D eigenvalue weighted by Gasteiger charge is 2.16. The molecule has 0 unspecified atom stereocenters. The lowest BCUT2D eigenvalue weighted by Crippen LogP contribution is -2.22. The molecule has 0 aromatic heterocycles. The maximum absolute atomic E-state index is 12.2. The molecular weight excluding hydrogens is 314 g/mol. The molecule has 0 saturated heterocycles. The van der Waals surface area contributed by atoms with Gasteiger partial charge in [-0.15, -0.1) is 0 Å². The van der Waals surface area contributed by atoms with Gasteiger partial charge in [-0.3, -0.25) is 4.79 Å². The Balaban J connectivity index is 2.10. The van der Waals surface area contributed by atoms with Gasteiger partial charge in [-0.1, -0.05) is 39.0 Å². The monoisotopic (exact) mass is 337 g/mol. The van der Waals surface area contributed by atoms with Crippen LogP contribution in [0.1, 0.15) is 31.9 Å². The summed E-state index contributed by atoms with van der Waals surface area (Å²) < 4.78 is 5.36. The zero-order chi connectivity index (χ0) is 18.4. The molecule has 25 heavy (non-hydrogen) atoms. The standard InChI is InChI=1S/C20H23N3O2/c1-20(2,3)15-9-10-18(25-4)17(11-15)22-13-19(24)23-16-8-6-5-7-14(16)12-21/h5-11,22H,13H2,1-4H3,(H,23,24). The van der Waals surface area contributed by atoms with Gasteiger partial charge >= 0.3 is 0 Å². The highest BCUT2D eigenvalue weighted by molar-refractivity contribution is 5.95. The molecule has 2 N–H and O–H groups in total. The number of ether oxygens (including phenoxy) is 1. The van der Waals surface area contributed by atoms with Gasteiger partial charge in [0.05, 0.1) is 30.6 Å². The maximum atomic E-state index is 12.2. The Morgan fingerprint density at radius 2 is 1.88 bits per heavy atom. The number of methoxy groups -OCH3 is 1. The molecule has 130 valence electrons. The zero-order valence-electron chi connectivity index (χ0n) is 15.0. The predicted molar refractivity (Wildman–Crippen MR) is 100.0 cm³/mol. The third kappa shape index (κ3) is 4.74. The van der Waals surface area contributed by atoms with Crippen LogP contribution in [-0.2, 0) is 10.2 Å². The van der Waals surface area contributed by atoms with Crippen molar-refractivity contribution in [2.24, 2.45) is 0 Å². The van der Waals surface area contributed by atoms with E-state index in [1.54, 1.807) is 31.4 Å². The summed E-state index contributed by atoms with van der Waals surface area (Å²) in [6.45, 7) is 6.46. The van der Waals surface area contributed by atoms with Crippen LogP contribution in [0.3, 0.4) is 0 Å². The fourth-order valence-electron chi connectivity index (χ4n) is 2.37. The molecule has 0 fully saturated rings. The number of para-hydroxylation sites is 1. The average Bonchev–Trinajstić information content (AvgIpc) is 2.59. The van der Waals surface area contributed by atoms with Crippen LogP contribution < -0.4 is 15.4 Å². The molecule has 0 aliphatic rings. The minimum atomic E-state index is -0.231. The van der Waals surface area contributed by atoms with Gasteiger partial charge in [0.1, 0.15) is 11.8 Å². The van der Waals surface area contributed by atoms with E-state index in [2.05, 4.69) is 37.5 Å². The molecule has 0 radical (unpaired) electrons. The van der Waals surface area contributed by atoms with Crippen molar-refractivity contribution in [2.45, 2.75) is 26.2 Å². The number of amides is 1. The molecule has 0 aliphatic heterocycles. The molecule has 0 atom stereocenters. The molecule has 2 aromatic carbocycles.